The van der Waals surface area contributed by atoms with Crippen LogP contribution in [0.25, 0.3) is 0 Å². The van der Waals surface area contributed by atoms with E-state index in [9.17, 15) is 13.2 Å². The van der Waals surface area contributed by atoms with E-state index in [2.05, 4.69) is 0 Å². The molecule has 0 spiro atoms. The highest BCUT2D eigenvalue weighted by atomic mass is 19.4. The molecule has 1 fully saturated rings. The molecular formula is C8H14F3N3. The molecule has 1 aliphatic rings. The molecule has 0 radical (unpaired) electrons. The van der Waals surface area contributed by atoms with Gasteiger partial charge in [0.1, 0.15) is 0 Å². The van der Waals surface area contributed by atoms with Crippen LogP contribution in [0.1, 0.15) is 12.8 Å². The van der Waals surface area contributed by atoms with Gasteiger partial charge >= 0.3 is 6.18 Å². The van der Waals surface area contributed by atoms with Crippen molar-refractivity contribution in [3.63, 3.8) is 0 Å². The van der Waals surface area contributed by atoms with Crippen LogP contribution in [0.15, 0.2) is 0 Å². The molecule has 82 valence electrons. The van der Waals surface area contributed by atoms with Crippen molar-refractivity contribution in [3.05, 3.63) is 0 Å². The zero-order chi connectivity index (χ0) is 10.8. The van der Waals surface area contributed by atoms with Gasteiger partial charge in [0.15, 0.2) is 0 Å². The first-order valence-electron chi connectivity index (χ1n) is 4.51. The topological polar surface area (TPSA) is 53.1 Å². The Kier molecular flexibility index (Phi) is 3.36. The van der Waals surface area contributed by atoms with Crippen molar-refractivity contribution < 1.29 is 13.2 Å². The van der Waals surface area contributed by atoms with Gasteiger partial charge in [0.25, 0.3) is 0 Å². The molecule has 0 bridgehead atoms. The minimum Gasteiger partial charge on any atom is -0.387 e. The summed E-state index contributed by atoms with van der Waals surface area (Å²) in [6, 6.07) is 0. The van der Waals surface area contributed by atoms with Crippen molar-refractivity contribution in [2.24, 2.45) is 11.7 Å². The van der Waals surface area contributed by atoms with Gasteiger partial charge in [-0.15, -0.1) is 0 Å². The Labute approximate surface area is 80.6 Å². The van der Waals surface area contributed by atoms with Crippen LogP contribution < -0.4 is 5.73 Å². The Balaban J connectivity index is 2.44. The van der Waals surface area contributed by atoms with Gasteiger partial charge in [-0.2, -0.15) is 13.2 Å². The lowest BCUT2D eigenvalue weighted by Gasteiger charge is -2.32. The number of rotatable bonds is 2. The number of likely N-dealkylation sites (tertiary alicyclic amines) is 1. The minimum absolute atomic E-state index is 0.00289. The van der Waals surface area contributed by atoms with E-state index >= 15 is 0 Å². The van der Waals surface area contributed by atoms with E-state index in [1.54, 1.807) is 0 Å². The molecule has 0 saturated carbocycles. The molecule has 1 aliphatic heterocycles. The number of nitrogens with one attached hydrogen (secondary N) is 1. The number of piperidine rings is 1. The number of alkyl halides is 3. The third kappa shape index (κ3) is 3.53. The Morgan fingerprint density at radius 3 is 2.64 bits per heavy atom. The Morgan fingerprint density at radius 1 is 1.50 bits per heavy atom. The van der Waals surface area contributed by atoms with E-state index in [-0.39, 0.29) is 18.3 Å². The molecule has 6 heteroatoms. The van der Waals surface area contributed by atoms with Gasteiger partial charge in [0, 0.05) is 12.5 Å². The van der Waals surface area contributed by atoms with Crippen LogP contribution in [0.5, 0.6) is 0 Å². The lowest BCUT2D eigenvalue weighted by atomic mass is 9.97. The maximum absolute atomic E-state index is 12.0. The molecule has 1 atom stereocenters. The van der Waals surface area contributed by atoms with Crippen molar-refractivity contribution in [2.75, 3.05) is 19.6 Å². The monoisotopic (exact) mass is 209 g/mol. The smallest absolute Gasteiger partial charge is 0.387 e. The average molecular weight is 209 g/mol. The normalized spacial score (nSPS) is 24.9. The van der Waals surface area contributed by atoms with Gasteiger partial charge in [0.05, 0.1) is 12.4 Å². The molecule has 1 heterocycles. The van der Waals surface area contributed by atoms with Gasteiger partial charge in [-0.25, -0.2) is 0 Å². The van der Waals surface area contributed by atoms with Crippen molar-refractivity contribution in [1.82, 2.24) is 4.90 Å². The fraction of sp³-hybridized carbons (Fsp3) is 0.875. The van der Waals surface area contributed by atoms with Crippen molar-refractivity contribution in [3.8, 4) is 0 Å². The van der Waals surface area contributed by atoms with Crippen LogP contribution in [-0.2, 0) is 0 Å². The molecule has 1 unspecified atom stereocenters. The van der Waals surface area contributed by atoms with Crippen LogP contribution in [0.4, 0.5) is 13.2 Å². The van der Waals surface area contributed by atoms with Crippen molar-refractivity contribution >= 4 is 5.84 Å². The first-order chi connectivity index (χ1) is 6.38. The van der Waals surface area contributed by atoms with E-state index in [0.717, 1.165) is 6.42 Å². The highest BCUT2D eigenvalue weighted by Gasteiger charge is 2.33. The van der Waals surface area contributed by atoms with Crippen LogP contribution in [0, 0.1) is 11.3 Å². The van der Waals surface area contributed by atoms with Crippen LogP contribution >= 0.6 is 0 Å². The zero-order valence-electron chi connectivity index (χ0n) is 7.77. The highest BCUT2D eigenvalue weighted by Crippen LogP contribution is 2.22. The summed E-state index contributed by atoms with van der Waals surface area (Å²) in [5.41, 5.74) is 5.27. The molecule has 1 rings (SSSR count). The lowest BCUT2D eigenvalue weighted by Crippen LogP contribution is -2.44. The first-order valence-corrected chi connectivity index (χ1v) is 4.51. The summed E-state index contributed by atoms with van der Waals surface area (Å²) < 4.78 is 36.1. The fourth-order valence-electron chi connectivity index (χ4n) is 1.71. The Hall–Kier alpha value is -0.780. The number of halogens is 3. The molecular weight excluding hydrogens is 195 g/mol. The van der Waals surface area contributed by atoms with Gasteiger partial charge in [-0.1, -0.05) is 0 Å². The van der Waals surface area contributed by atoms with Crippen LogP contribution in [0.2, 0.25) is 0 Å². The van der Waals surface area contributed by atoms with E-state index in [1.807, 2.05) is 0 Å². The van der Waals surface area contributed by atoms with Gasteiger partial charge in [-0.3, -0.25) is 10.3 Å². The van der Waals surface area contributed by atoms with E-state index in [4.69, 9.17) is 11.1 Å². The summed E-state index contributed by atoms with van der Waals surface area (Å²) in [5.74, 6) is -0.206. The standard InChI is InChI=1S/C8H14F3N3/c9-8(10,11)5-14-3-1-2-6(4-14)7(12)13/h6H,1-5H2,(H3,12,13). The lowest BCUT2D eigenvalue weighted by molar-refractivity contribution is -0.148. The SMILES string of the molecule is N=C(N)C1CCCN(CC(F)(F)F)C1. The maximum Gasteiger partial charge on any atom is 0.401 e. The largest absolute Gasteiger partial charge is 0.401 e. The molecule has 0 amide bonds. The maximum atomic E-state index is 12.0. The van der Waals surface area contributed by atoms with E-state index in [1.165, 1.54) is 4.90 Å². The second-order valence-corrected chi connectivity index (χ2v) is 3.64. The third-order valence-corrected chi connectivity index (χ3v) is 2.35. The van der Waals surface area contributed by atoms with Gasteiger partial charge < -0.3 is 5.73 Å². The zero-order valence-corrected chi connectivity index (χ0v) is 7.77. The minimum atomic E-state index is -4.15. The summed E-state index contributed by atoms with van der Waals surface area (Å²) in [5, 5.41) is 7.18. The highest BCUT2D eigenvalue weighted by molar-refractivity contribution is 5.79. The van der Waals surface area contributed by atoms with Crippen LogP contribution in [0.3, 0.4) is 0 Å². The van der Waals surface area contributed by atoms with Crippen molar-refractivity contribution in [2.45, 2.75) is 19.0 Å². The quantitative estimate of drug-likeness (QED) is 0.530. The molecule has 3 nitrogen and oxygen atoms in total. The molecule has 3 N–H and O–H groups in total. The second kappa shape index (κ2) is 4.16. The molecule has 0 aromatic carbocycles. The van der Waals surface area contributed by atoms with Gasteiger partial charge in [-0.05, 0) is 19.4 Å². The second-order valence-electron chi connectivity index (χ2n) is 3.64. The summed E-state index contributed by atoms with van der Waals surface area (Å²) in [6.45, 7) is -0.186. The van der Waals surface area contributed by atoms with Crippen LogP contribution in [-0.4, -0.2) is 36.5 Å². The molecule has 14 heavy (non-hydrogen) atoms. The Bertz CT molecular complexity index is 214. The number of amidine groups is 1. The fourth-order valence-corrected chi connectivity index (χ4v) is 1.71. The average Bonchev–Trinajstić information content (AvgIpc) is 2.01. The number of nitrogens with two attached hydrogens (primary N) is 1. The van der Waals surface area contributed by atoms with Crippen molar-refractivity contribution in [1.29, 1.82) is 5.41 Å². The molecule has 0 aromatic rings. The number of nitrogens with zero attached hydrogens (tertiary/aromatic N) is 1. The van der Waals surface area contributed by atoms with E-state index in [0.29, 0.717) is 13.0 Å². The summed E-state index contributed by atoms with van der Waals surface area (Å²) >= 11 is 0. The first kappa shape index (κ1) is 11.3. The predicted molar refractivity (Wildman–Crippen MR) is 47.1 cm³/mol. The summed E-state index contributed by atoms with van der Waals surface area (Å²) in [7, 11) is 0. The number of hydrogen-bond donors (Lipinski definition) is 2. The predicted octanol–water partition coefficient (Wildman–Crippen LogP) is 1.20. The number of hydrogen-bond acceptors (Lipinski definition) is 2. The molecule has 0 aromatic heterocycles. The Morgan fingerprint density at radius 2 is 2.14 bits per heavy atom. The van der Waals surface area contributed by atoms with Gasteiger partial charge in [0.2, 0.25) is 0 Å². The molecule has 1 saturated heterocycles. The third-order valence-electron chi connectivity index (χ3n) is 2.35. The summed E-state index contributed by atoms with van der Waals surface area (Å²) in [4.78, 5) is 1.32. The van der Waals surface area contributed by atoms with E-state index < -0.39 is 12.7 Å². The summed E-state index contributed by atoms with van der Waals surface area (Å²) in [6.07, 6.45) is -2.75. The molecule has 0 aliphatic carbocycles.